The molecular weight excluding hydrogens is 290 g/mol. The predicted molar refractivity (Wildman–Crippen MR) is 56.5 cm³/mol. The standard InChI is InChI=1S/C10H4ClF4N3O/c11-8(19)5-4-17-18(7(5)10(13,14)15)9-6(12)2-1-3-16-9/h1-4H. The van der Waals surface area contributed by atoms with E-state index >= 15 is 0 Å². The number of aromatic nitrogens is 3. The van der Waals surface area contributed by atoms with Gasteiger partial charge in [-0.1, -0.05) is 0 Å². The van der Waals surface area contributed by atoms with E-state index in [-0.39, 0.29) is 4.68 Å². The number of carbonyl (C=O) groups excluding carboxylic acids is 1. The SMILES string of the molecule is O=C(Cl)c1cnn(-c2ncccc2F)c1C(F)(F)F. The van der Waals surface area contributed by atoms with Gasteiger partial charge in [0.2, 0.25) is 0 Å². The van der Waals surface area contributed by atoms with Crippen LogP contribution in [0.25, 0.3) is 5.82 Å². The van der Waals surface area contributed by atoms with Crippen LogP contribution in [0, 0.1) is 5.82 Å². The lowest BCUT2D eigenvalue weighted by Gasteiger charge is -2.11. The van der Waals surface area contributed by atoms with Crippen LogP contribution in [0.4, 0.5) is 17.6 Å². The fraction of sp³-hybridized carbons (Fsp3) is 0.100. The Balaban J connectivity index is 2.73. The number of carbonyl (C=O) groups is 1. The molecule has 0 aliphatic rings. The number of rotatable bonds is 2. The molecule has 0 atom stereocenters. The van der Waals surface area contributed by atoms with Gasteiger partial charge in [-0.3, -0.25) is 4.79 Å². The van der Waals surface area contributed by atoms with Crippen molar-refractivity contribution in [2.45, 2.75) is 6.18 Å². The van der Waals surface area contributed by atoms with Gasteiger partial charge in [0.1, 0.15) is 0 Å². The molecular formula is C10H4ClF4N3O. The zero-order valence-corrected chi connectivity index (χ0v) is 9.71. The maximum atomic E-state index is 13.4. The minimum Gasteiger partial charge on any atom is -0.275 e. The van der Waals surface area contributed by atoms with Crippen molar-refractivity contribution in [1.82, 2.24) is 14.8 Å². The van der Waals surface area contributed by atoms with Crippen LogP contribution in [0.1, 0.15) is 16.1 Å². The van der Waals surface area contributed by atoms with Crippen LogP contribution >= 0.6 is 11.6 Å². The van der Waals surface area contributed by atoms with Crippen LogP contribution in [0.15, 0.2) is 24.5 Å². The van der Waals surface area contributed by atoms with Crippen molar-refractivity contribution in [3.05, 3.63) is 41.6 Å². The summed E-state index contributed by atoms with van der Waals surface area (Å²) in [6, 6.07) is 2.13. The molecule has 2 rings (SSSR count). The lowest BCUT2D eigenvalue weighted by atomic mass is 10.2. The third-order valence-corrected chi connectivity index (χ3v) is 2.39. The van der Waals surface area contributed by atoms with Crippen LogP contribution in [-0.2, 0) is 6.18 Å². The number of hydrogen-bond acceptors (Lipinski definition) is 3. The molecule has 0 amide bonds. The van der Waals surface area contributed by atoms with Crippen LogP contribution in [-0.4, -0.2) is 20.0 Å². The normalized spacial score (nSPS) is 11.6. The van der Waals surface area contributed by atoms with Crippen LogP contribution in [0.3, 0.4) is 0 Å². The van der Waals surface area contributed by atoms with E-state index in [1.807, 2.05) is 0 Å². The van der Waals surface area contributed by atoms with Crippen LogP contribution in [0.5, 0.6) is 0 Å². The van der Waals surface area contributed by atoms with Gasteiger partial charge < -0.3 is 0 Å². The van der Waals surface area contributed by atoms with Gasteiger partial charge in [-0.25, -0.2) is 14.1 Å². The van der Waals surface area contributed by atoms with Crippen LogP contribution < -0.4 is 0 Å². The Morgan fingerprint density at radius 2 is 2.05 bits per heavy atom. The summed E-state index contributed by atoms with van der Waals surface area (Å²) >= 11 is 5.05. The molecule has 100 valence electrons. The molecule has 0 spiro atoms. The lowest BCUT2D eigenvalue weighted by Crippen LogP contribution is -2.17. The monoisotopic (exact) mass is 293 g/mol. The molecule has 0 aliphatic carbocycles. The predicted octanol–water partition coefficient (Wildman–Crippen LogP) is 2.80. The number of nitrogens with zero attached hydrogens (tertiary/aromatic N) is 3. The Kier molecular flexibility index (Phi) is 3.27. The number of halogens is 5. The average molecular weight is 294 g/mol. The Bertz CT molecular complexity index is 638. The second kappa shape index (κ2) is 4.61. The minimum absolute atomic E-state index is 0.199. The summed E-state index contributed by atoms with van der Waals surface area (Å²) < 4.78 is 52.3. The molecule has 9 heteroatoms. The van der Waals surface area contributed by atoms with Crippen molar-refractivity contribution in [1.29, 1.82) is 0 Å². The summed E-state index contributed by atoms with van der Waals surface area (Å²) in [6.45, 7) is 0. The summed E-state index contributed by atoms with van der Waals surface area (Å²) in [5.74, 6) is -1.68. The van der Waals surface area contributed by atoms with E-state index in [0.29, 0.717) is 6.20 Å². The number of hydrogen-bond donors (Lipinski definition) is 0. The highest BCUT2D eigenvalue weighted by Gasteiger charge is 2.40. The first-order valence-corrected chi connectivity index (χ1v) is 5.16. The maximum absolute atomic E-state index is 13.4. The van der Waals surface area contributed by atoms with Gasteiger partial charge in [0.15, 0.2) is 17.3 Å². The molecule has 0 fully saturated rings. The van der Waals surface area contributed by atoms with Crippen molar-refractivity contribution in [2.75, 3.05) is 0 Å². The van der Waals surface area contributed by atoms with Crippen molar-refractivity contribution in [2.24, 2.45) is 0 Å². The van der Waals surface area contributed by atoms with Crippen molar-refractivity contribution in [3.63, 3.8) is 0 Å². The number of pyridine rings is 1. The molecule has 2 heterocycles. The van der Waals surface area contributed by atoms with E-state index in [2.05, 4.69) is 10.1 Å². The van der Waals surface area contributed by atoms with E-state index in [0.717, 1.165) is 12.3 Å². The van der Waals surface area contributed by atoms with E-state index in [1.54, 1.807) is 0 Å². The Morgan fingerprint density at radius 1 is 1.37 bits per heavy atom. The molecule has 0 radical (unpaired) electrons. The second-order valence-corrected chi connectivity index (χ2v) is 3.74. The average Bonchev–Trinajstić information content (AvgIpc) is 2.73. The van der Waals surface area contributed by atoms with Gasteiger partial charge in [-0.2, -0.15) is 18.3 Å². The quantitative estimate of drug-likeness (QED) is 0.632. The minimum atomic E-state index is -4.93. The van der Waals surface area contributed by atoms with Crippen molar-refractivity contribution >= 4 is 16.8 Å². The highest BCUT2D eigenvalue weighted by molar-refractivity contribution is 6.67. The molecule has 4 nitrogen and oxygen atoms in total. The van der Waals surface area contributed by atoms with Crippen molar-refractivity contribution < 1.29 is 22.4 Å². The third kappa shape index (κ3) is 2.43. The van der Waals surface area contributed by atoms with Gasteiger partial charge in [-0.05, 0) is 23.7 Å². The van der Waals surface area contributed by atoms with E-state index < -0.39 is 34.3 Å². The first-order chi connectivity index (χ1) is 8.82. The highest BCUT2D eigenvalue weighted by Crippen LogP contribution is 2.34. The Morgan fingerprint density at radius 3 is 2.58 bits per heavy atom. The van der Waals surface area contributed by atoms with Crippen LogP contribution in [0.2, 0.25) is 0 Å². The zero-order chi connectivity index (χ0) is 14.2. The molecule has 0 bridgehead atoms. The summed E-state index contributed by atoms with van der Waals surface area (Å²) in [5.41, 5.74) is -2.33. The molecule has 0 unspecified atom stereocenters. The molecule has 0 saturated carbocycles. The summed E-state index contributed by atoms with van der Waals surface area (Å²) in [5, 5.41) is 1.99. The first kappa shape index (κ1) is 13.5. The molecule has 2 aromatic heterocycles. The van der Waals surface area contributed by atoms with Gasteiger partial charge in [-0.15, -0.1) is 0 Å². The fourth-order valence-corrected chi connectivity index (χ4v) is 1.60. The first-order valence-electron chi connectivity index (χ1n) is 4.78. The van der Waals surface area contributed by atoms with E-state index in [1.165, 1.54) is 6.07 Å². The summed E-state index contributed by atoms with van der Waals surface area (Å²) in [7, 11) is 0. The smallest absolute Gasteiger partial charge is 0.275 e. The molecule has 0 saturated heterocycles. The van der Waals surface area contributed by atoms with Gasteiger partial charge in [0.05, 0.1) is 11.8 Å². The largest absolute Gasteiger partial charge is 0.434 e. The second-order valence-electron chi connectivity index (χ2n) is 3.40. The van der Waals surface area contributed by atoms with E-state index in [4.69, 9.17) is 11.6 Å². The highest BCUT2D eigenvalue weighted by atomic mass is 35.5. The van der Waals surface area contributed by atoms with Gasteiger partial charge >= 0.3 is 6.18 Å². The topological polar surface area (TPSA) is 47.8 Å². The molecule has 0 N–H and O–H groups in total. The summed E-state index contributed by atoms with van der Waals surface area (Å²) in [6.07, 6.45) is -3.21. The maximum Gasteiger partial charge on any atom is 0.434 e. The molecule has 19 heavy (non-hydrogen) atoms. The lowest BCUT2D eigenvalue weighted by molar-refractivity contribution is -0.143. The molecule has 0 aromatic carbocycles. The molecule has 0 aliphatic heterocycles. The summed E-state index contributed by atoms with van der Waals surface area (Å²) in [4.78, 5) is 14.4. The Hall–Kier alpha value is -1.96. The van der Waals surface area contributed by atoms with E-state index in [9.17, 15) is 22.4 Å². The zero-order valence-electron chi connectivity index (χ0n) is 8.95. The fourth-order valence-electron chi connectivity index (χ4n) is 1.46. The van der Waals surface area contributed by atoms with Gasteiger partial charge in [0, 0.05) is 6.20 Å². The Labute approximate surface area is 108 Å². The van der Waals surface area contributed by atoms with Gasteiger partial charge in [0.25, 0.3) is 5.24 Å². The number of alkyl halides is 3. The van der Waals surface area contributed by atoms with Crippen molar-refractivity contribution in [3.8, 4) is 5.82 Å². The molecule has 2 aromatic rings. The third-order valence-electron chi connectivity index (χ3n) is 2.19.